The molecule has 1 aromatic rings. The molecule has 1 heterocycles. The molecule has 0 saturated carbocycles. The Labute approximate surface area is 101 Å². The zero-order valence-corrected chi connectivity index (χ0v) is 9.90. The highest BCUT2D eigenvalue weighted by molar-refractivity contribution is 5.99. The van der Waals surface area contributed by atoms with Gasteiger partial charge in [-0.1, -0.05) is 12.1 Å². The van der Waals surface area contributed by atoms with Crippen molar-refractivity contribution in [3.05, 3.63) is 29.8 Å². The van der Waals surface area contributed by atoms with Gasteiger partial charge in [0.2, 0.25) is 11.8 Å². The standard InChI is InChI=1S/C13H16N2O2/c1-14-11-5-2-10(3-6-11)4-7-12(16)15-9-8-13(15)17/h2-3,5-6,14H,4,7-9H2,1H3. The molecule has 1 aromatic carbocycles. The second kappa shape index (κ2) is 4.99. The molecule has 1 saturated heterocycles. The Morgan fingerprint density at radius 2 is 2.06 bits per heavy atom. The number of hydrogen-bond acceptors (Lipinski definition) is 3. The van der Waals surface area contributed by atoms with Crippen molar-refractivity contribution >= 4 is 17.5 Å². The molecule has 1 aliphatic heterocycles. The highest BCUT2D eigenvalue weighted by Crippen LogP contribution is 2.14. The highest BCUT2D eigenvalue weighted by atomic mass is 16.2. The number of likely N-dealkylation sites (tertiary alicyclic amines) is 1. The number of carbonyl (C=O) groups is 2. The van der Waals surface area contributed by atoms with Gasteiger partial charge in [0, 0.05) is 32.1 Å². The summed E-state index contributed by atoms with van der Waals surface area (Å²) in [5.41, 5.74) is 2.17. The summed E-state index contributed by atoms with van der Waals surface area (Å²) in [6.45, 7) is 0.594. The van der Waals surface area contributed by atoms with E-state index in [0.717, 1.165) is 11.3 Å². The van der Waals surface area contributed by atoms with Crippen molar-refractivity contribution in [2.75, 3.05) is 18.9 Å². The minimum Gasteiger partial charge on any atom is -0.388 e. The third-order valence-electron chi connectivity index (χ3n) is 3.02. The molecule has 2 amide bonds. The fraction of sp³-hybridized carbons (Fsp3) is 0.385. The van der Waals surface area contributed by atoms with Crippen LogP contribution in [0.3, 0.4) is 0 Å². The monoisotopic (exact) mass is 232 g/mol. The number of carbonyl (C=O) groups excluding carboxylic acids is 2. The zero-order valence-electron chi connectivity index (χ0n) is 9.90. The molecule has 1 N–H and O–H groups in total. The van der Waals surface area contributed by atoms with Crippen LogP contribution in [-0.2, 0) is 16.0 Å². The molecule has 0 aliphatic carbocycles. The molecule has 1 aliphatic rings. The molecule has 0 atom stereocenters. The molecule has 4 heteroatoms. The van der Waals surface area contributed by atoms with Crippen molar-refractivity contribution in [3.8, 4) is 0 Å². The van der Waals surface area contributed by atoms with E-state index in [1.165, 1.54) is 4.90 Å². The van der Waals surface area contributed by atoms with Crippen LogP contribution in [0.4, 0.5) is 5.69 Å². The van der Waals surface area contributed by atoms with E-state index < -0.39 is 0 Å². The topological polar surface area (TPSA) is 49.4 Å². The van der Waals surface area contributed by atoms with E-state index in [-0.39, 0.29) is 11.8 Å². The predicted molar refractivity (Wildman–Crippen MR) is 65.6 cm³/mol. The third kappa shape index (κ3) is 2.64. The first-order chi connectivity index (χ1) is 8.20. The minimum atomic E-state index is -0.0565. The van der Waals surface area contributed by atoms with Crippen LogP contribution in [0, 0.1) is 0 Å². The number of rotatable bonds is 4. The number of amides is 2. The molecule has 0 bridgehead atoms. The Morgan fingerprint density at radius 3 is 2.53 bits per heavy atom. The zero-order chi connectivity index (χ0) is 12.3. The molecule has 0 unspecified atom stereocenters. The van der Waals surface area contributed by atoms with Crippen LogP contribution in [0.1, 0.15) is 18.4 Å². The quantitative estimate of drug-likeness (QED) is 0.799. The van der Waals surface area contributed by atoms with Crippen LogP contribution >= 0.6 is 0 Å². The van der Waals surface area contributed by atoms with Crippen molar-refractivity contribution in [2.24, 2.45) is 0 Å². The molecule has 0 radical (unpaired) electrons. The number of benzene rings is 1. The van der Waals surface area contributed by atoms with Gasteiger partial charge in [0.05, 0.1) is 0 Å². The molecule has 0 aromatic heterocycles. The normalized spacial score (nSPS) is 14.4. The fourth-order valence-corrected chi connectivity index (χ4v) is 1.80. The van der Waals surface area contributed by atoms with Gasteiger partial charge in [-0.05, 0) is 24.1 Å². The molecule has 0 spiro atoms. The molecule has 4 nitrogen and oxygen atoms in total. The maximum Gasteiger partial charge on any atom is 0.230 e. The summed E-state index contributed by atoms with van der Waals surface area (Å²) in [6, 6.07) is 7.96. The minimum absolute atomic E-state index is 0.0412. The van der Waals surface area contributed by atoms with Gasteiger partial charge in [0.1, 0.15) is 0 Å². The first-order valence-corrected chi connectivity index (χ1v) is 5.80. The van der Waals surface area contributed by atoms with Crippen LogP contribution in [0.25, 0.3) is 0 Å². The molecule has 17 heavy (non-hydrogen) atoms. The Morgan fingerprint density at radius 1 is 1.35 bits per heavy atom. The Hall–Kier alpha value is -1.84. The van der Waals surface area contributed by atoms with Crippen molar-refractivity contribution in [1.82, 2.24) is 4.90 Å². The number of anilines is 1. The second-order valence-electron chi connectivity index (χ2n) is 4.14. The van der Waals surface area contributed by atoms with Gasteiger partial charge >= 0.3 is 0 Å². The summed E-state index contributed by atoms with van der Waals surface area (Å²) in [5, 5.41) is 3.04. The summed E-state index contributed by atoms with van der Waals surface area (Å²) >= 11 is 0. The summed E-state index contributed by atoms with van der Waals surface area (Å²) in [7, 11) is 1.87. The van der Waals surface area contributed by atoms with Crippen molar-refractivity contribution in [3.63, 3.8) is 0 Å². The van der Waals surface area contributed by atoms with E-state index >= 15 is 0 Å². The maximum atomic E-state index is 11.6. The lowest BCUT2D eigenvalue weighted by Crippen LogP contribution is -2.47. The highest BCUT2D eigenvalue weighted by Gasteiger charge is 2.29. The van der Waals surface area contributed by atoms with E-state index in [1.807, 2.05) is 31.3 Å². The number of aryl methyl sites for hydroxylation is 1. The van der Waals surface area contributed by atoms with E-state index in [4.69, 9.17) is 0 Å². The molecular formula is C13H16N2O2. The molecule has 90 valence electrons. The number of hydrogen-bond donors (Lipinski definition) is 1. The van der Waals surface area contributed by atoms with E-state index in [9.17, 15) is 9.59 Å². The number of nitrogens with one attached hydrogen (secondary N) is 1. The number of nitrogens with zero attached hydrogens (tertiary/aromatic N) is 1. The van der Waals surface area contributed by atoms with Gasteiger partial charge < -0.3 is 5.32 Å². The average molecular weight is 232 g/mol. The predicted octanol–water partition coefficient (Wildman–Crippen LogP) is 1.42. The lowest BCUT2D eigenvalue weighted by Gasteiger charge is -2.28. The van der Waals surface area contributed by atoms with Gasteiger partial charge in [0.15, 0.2) is 0 Å². The van der Waals surface area contributed by atoms with Crippen molar-refractivity contribution in [2.45, 2.75) is 19.3 Å². The molecule has 1 fully saturated rings. The Kier molecular flexibility index (Phi) is 3.42. The van der Waals surface area contributed by atoms with Gasteiger partial charge in [-0.25, -0.2) is 0 Å². The molecule has 2 rings (SSSR count). The average Bonchev–Trinajstić information content (AvgIpc) is 2.35. The van der Waals surface area contributed by atoms with Crippen LogP contribution in [0.2, 0.25) is 0 Å². The van der Waals surface area contributed by atoms with E-state index in [0.29, 0.717) is 25.8 Å². The SMILES string of the molecule is CNc1ccc(CCC(=O)N2CCC2=O)cc1. The Balaban J connectivity index is 1.84. The summed E-state index contributed by atoms with van der Waals surface area (Å²) in [6.07, 6.45) is 1.61. The first-order valence-electron chi connectivity index (χ1n) is 5.80. The second-order valence-corrected chi connectivity index (χ2v) is 4.14. The van der Waals surface area contributed by atoms with Gasteiger partial charge in [0.25, 0.3) is 0 Å². The van der Waals surface area contributed by atoms with Crippen molar-refractivity contribution in [1.29, 1.82) is 0 Å². The Bertz CT molecular complexity index is 426. The number of imide groups is 1. The van der Waals surface area contributed by atoms with Gasteiger partial charge in [-0.3, -0.25) is 14.5 Å². The largest absolute Gasteiger partial charge is 0.388 e. The first kappa shape index (κ1) is 11.6. The maximum absolute atomic E-state index is 11.6. The van der Waals surface area contributed by atoms with E-state index in [1.54, 1.807) is 0 Å². The fourth-order valence-electron chi connectivity index (χ4n) is 1.80. The smallest absolute Gasteiger partial charge is 0.230 e. The third-order valence-corrected chi connectivity index (χ3v) is 3.02. The molecular weight excluding hydrogens is 216 g/mol. The number of β-lactam (4-membered cyclic amide) rings is 1. The van der Waals surface area contributed by atoms with E-state index in [2.05, 4.69) is 5.32 Å². The van der Waals surface area contributed by atoms with Gasteiger partial charge in [-0.2, -0.15) is 0 Å². The lowest BCUT2D eigenvalue weighted by atomic mass is 10.1. The summed E-state index contributed by atoms with van der Waals surface area (Å²) in [4.78, 5) is 24.0. The van der Waals surface area contributed by atoms with Crippen LogP contribution < -0.4 is 5.32 Å². The van der Waals surface area contributed by atoms with Gasteiger partial charge in [-0.15, -0.1) is 0 Å². The summed E-state index contributed by atoms with van der Waals surface area (Å²) < 4.78 is 0. The van der Waals surface area contributed by atoms with Crippen LogP contribution in [0.15, 0.2) is 24.3 Å². The van der Waals surface area contributed by atoms with Crippen LogP contribution in [0.5, 0.6) is 0 Å². The van der Waals surface area contributed by atoms with Crippen molar-refractivity contribution < 1.29 is 9.59 Å². The lowest BCUT2D eigenvalue weighted by molar-refractivity contribution is -0.152. The van der Waals surface area contributed by atoms with Crippen LogP contribution in [-0.4, -0.2) is 30.3 Å². The summed E-state index contributed by atoms with van der Waals surface area (Å²) in [5.74, 6) is -0.0977.